The largest absolute Gasteiger partial charge is 0.545 e. The van der Waals surface area contributed by atoms with Crippen molar-refractivity contribution in [1.82, 2.24) is 4.98 Å². The molecule has 1 heterocycles. The number of ether oxygens (including phenoxy) is 2. The highest BCUT2D eigenvalue weighted by Crippen LogP contribution is 2.35. The van der Waals surface area contributed by atoms with Gasteiger partial charge in [0.05, 0.1) is 30.4 Å². The van der Waals surface area contributed by atoms with Gasteiger partial charge in [-0.3, -0.25) is 0 Å². The highest BCUT2D eigenvalue weighted by Gasteiger charge is 2.14. The van der Waals surface area contributed by atoms with Crippen molar-refractivity contribution in [2.75, 3.05) is 13.2 Å². The monoisotopic (exact) mass is 414 g/mol. The number of hydrogen-bond acceptors (Lipinski definition) is 5. The third-order valence-corrected chi connectivity index (χ3v) is 4.32. The number of benzene rings is 2. The molecule has 6 heteroatoms. The number of halogens is 1. The molecule has 3 rings (SSSR count). The van der Waals surface area contributed by atoms with E-state index in [2.05, 4.69) is 20.9 Å². The van der Waals surface area contributed by atoms with Crippen molar-refractivity contribution in [2.24, 2.45) is 0 Å². The molecule has 0 aliphatic heterocycles. The second-order valence-electron chi connectivity index (χ2n) is 5.53. The van der Waals surface area contributed by atoms with E-state index in [4.69, 9.17) is 9.47 Å². The Bertz CT molecular complexity index is 971. The first-order valence-corrected chi connectivity index (χ1v) is 9.04. The van der Waals surface area contributed by atoms with E-state index in [1.807, 2.05) is 32.0 Å². The second kappa shape index (κ2) is 7.74. The predicted molar refractivity (Wildman–Crippen MR) is 102 cm³/mol. The van der Waals surface area contributed by atoms with Crippen molar-refractivity contribution < 1.29 is 19.4 Å². The minimum absolute atomic E-state index is 0.0858. The summed E-state index contributed by atoms with van der Waals surface area (Å²) >= 11 is 3.36. The molecule has 5 nitrogen and oxygen atoms in total. The molecule has 0 N–H and O–H groups in total. The predicted octanol–water partition coefficient (Wildman–Crippen LogP) is 3.83. The topological polar surface area (TPSA) is 71.5 Å². The summed E-state index contributed by atoms with van der Waals surface area (Å²) in [5, 5.41) is 12.2. The number of carbonyl (C=O) groups excluding carboxylic acids is 1. The van der Waals surface area contributed by atoms with E-state index in [-0.39, 0.29) is 5.56 Å². The Morgan fingerprint density at radius 3 is 2.54 bits per heavy atom. The zero-order valence-corrected chi connectivity index (χ0v) is 16.0. The minimum atomic E-state index is -1.25. The summed E-state index contributed by atoms with van der Waals surface area (Å²) in [5.41, 5.74) is 1.86. The van der Waals surface area contributed by atoms with Crippen LogP contribution in [0, 0.1) is 0 Å². The number of nitrogens with zero attached hydrogens (tertiary/aromatic N) is 1. The molecule has 0 bridgehead atoms. The van der Waals surface area contributed by atoms with Crippen LogP contribution < -0.4 is 14.6 Å². The van der Waals surface area contributed by atoms with Crippen molar-refractivity contribution in [2.45, 2.75) is 13.8 Å². The van der Waals surface area contributed by atoms with Crippen molar-refractivity contribution >= 4 is 32.8 Å². The molecule has 134 valence electrons. The smallest absolute Gasteiger partial charge is 0.132 e. The molecule has 0 amide bonds. The quantitative estimate of drug-likeness (QED) is 0.612. The molecule has 0 aliphatic carbocycles. The molecule has 0 saturated heterocycles. The van der Waals surface area contributed by atoms with Gasteiger partial charge in [-0.15, -0.1) is 0 Å². The number of fused-ring (bicyclic) bond motifs is 1. The van der Waals surface area contributed by atoms with E-state index >= 15 is 0 Å². The summed E-state index contributed by atoms with van der Waals surface area (Å²) in [4.78, 5) is 16.3. The zero-order valence-electron chi connectivity index (χ0n) is 14.4. The molecule has 0 unspecified atom stereocenters. The summed E-state index contributed by atoms with van der Waals surface area (Å²) in [6.45, 7) is 4.80. The van der Waals surface area contributed by atoms with Crippen LogP contribution in [0.25, 0.3) is 22.2 Å². The van der Waals surface area contributed by atoms with Gasteiger partial charge in [0.2, 0.25) is 0 Å². The highest BCUT2D eigenvalue weighted by molar-refractivity contribution is 9.10. The van der Waals surface area contributed by atoms with Gasteiger partial charge in [-0.05, 0) is 50.2 Å². The lowest BCUT2D eigenvalue weighted by atomic mass is 10.0. The lowest BCUT2D eigenvalue weighted by Crippen LogP contribution is -2.22. The number of carboxylic acid groups (broad SMARTS) is 1. The Balaban J connectivity index is 2.21. The van der Waals surface area contributed by atoms with Crippen LogP contribution in [0.2, 0.25) is 0 Å². The molecule has 1 aromatic heterocycles. The highest BCUT2D eigenvalue weighted by atomic mass is 79.9. The SMILES string of the molecule is CCOc1ccc(-c2cc(C(=O)[O-])c3cc(Br)ccc3n2)c(OCC)c1. The van der Waals surface area contributed by atoms with Gasteiger partial charge in [-0.2, -0.15) is 0 Å². The molecule has 3 aromatic rings. The van der Waals surface area contributed by atoms with Gasteiger partial charge in [0.15, 0.2) is 0 Å². The number of carboxylic acids is 1. The van der Waals surface area contributed by atoms with Crippen molar-refractivity contribution in [3.63, 3.8) is 0 Å². The van der Waals surface area contributed by atoms with E-state index in [0.717, 1.165) is 4.47 Å². The van der Waals surface area contributed by atoms with Crippen LogP contribution in [0.15, 0.2) is 46.9 Å². The summed E-state index contributed by atoms with van der Waals surface area (Å²) < 4.78 is 12.0. The fraction of sp³-hybridized carbons (Fsp3) is 0.200. The molecule has 0 fully saturated rings. The van der Waals surface area contributed by atoms with Crippen LogP contribution >= 0.6 is 15.9 Å². The fourth-order valence-electron chi connectivity index (χ4n) is 2.75. The Hall–Kier alpha value is -2.60. The van der Waals surface area contributed by atoms with E-state index in [0.29, 0.717) is 46.9 Å². The van der Waals surface area contributed by atoms with Gasteiger partial charge in [0, 0.05) is 27.1 Å². The summed E-state index contributed by atoms with van der Waals surface area (Å²) in [7, 11) is 0. The Morgan fingerprint density at radius 2 is 1.85 bits per heavy atom. The van der Waals surface area contributed by atoms with Gasteiger partial charge < -0.3 is 19.4 Å². The van der Waals surface area contributed by atoms with Crippen LogP contribution in [0.3, 0.4) is 0 Å². The Morgan fingerprint density at radius 1 is 1.08 bits per heavy atom. The minimum Gasteiger partial charge on any atom is -0.545 e. The first-order chi connectivity index (χ1) is 12.5. The van der Waals surface area contributed by atoms with Gasteiger partial charge in [0.1, 0.15) is 11.5 Å². The Labute approximate surface area is 159 Å². The number of rotatable bonds is 6. The average molecular weight is 415 g/mol. The molecule has 0 radical (unpaired) electrons. The summed E-state index contributed by atoms with van der Waals surface area (Å²) in [6.07, 6.45) is 0. The molecule has 0 spiro atoms. The van der Waals surface area contributed by atoms with E-state index < -0.39 is 5.97 Å². The van der Waals surface area contributed by atoms with E-state index in [9.17, 15) is 9.90 Å². The van der Waals surface area contributed by atoms with Crippen molar-refractivity contribution in [1.29, 1.82) is 0 Å². The first kappa shape index (κ1) is 18.2. The normalized spacial score (nSPS) is 10.7. The molecule has 2 aromatic carbocycles. The van der Waals surface area contributed by atoms with Gasteiger partial charge in [0.25, 0.3) is 0 Å². The average Bonchev–Trinajstić information content (AvgIpc) is 2.61. The summed E-state index contributed by atoms with van der Waals surface area (Å²) in [6, 6.07) is 12.2. The van der Waals surface area contributed by atoms with Crippen molar-refractivity contribution in [3.05, 3.63) is 52.5 Å². The zero-order chi connectivity index (χ0) is 18.7. The molecule has 0 atom stereocenters. The lowest BCUT2D eigenvalue weighted by Gasteiger charge is -2.15. The maximum atomic E-state index is 11.7. The molecular formula is C20H17BrNO4-. The molecule has 0 saturated carbocycles. The lowest BCUT2D eigenvalue weighted by molar-refractivity contribution is -0.254. The van der Waals surface area contributed by atoms with Crippen LogP contribution in [0.5, 0.6) is 11.5 Å². The van der Waals surface area contributed by atoms with Gasteiger partial charge >= 0.3 is 0 Å². The first-order valence-electron chi connectivity index (χ1n) is 8.25. The fourth-order valence-corrected chi connectivity index (χ4v) is 3.11. The number of pyridine rings is 1. The van der Waals surface area contributed by atoms with Crippen LogP contribution in [0.4, 0.5) is 0 Å². The van der Waals surface area contributed by atoms with Crippen molar-refractivity contribution in [3.8, 4) is 22.8 Å². The molecular weight excluding hydrogens is 398 g/mol. The van der Waals surface area contributed by atoms with Crippen LogP contribution in [-0.4, -0.2) is 24.2 Å². The summed E-state index contributed by atoms with van der Waals surface area (Å²) in [5.74, 6) is 0.0249. The third kappa shape index (κ3) is 3.65. The van der Waals surface area contributed by atoms with E-state index in [1.54, 1.807) is 18.2 Å². The number of carbonyl (C=O) groups is 1. The number of aromatic carboxylic acids is 1. The maximum absolute atomic E-state index is 11.7. The standard InChI is InChI=1S/C20H18BrNO4/c1-3-25-13-6-7-14(19(10-13)26-4-2)18-11-16(20(23)24)15-9-12(21)5-8-17(15)22-18/h5-11H,3-4H2,1-2H3,(H,23,24)/p-1. The third-order valence-electron chi connectivity index (χ3n) is 3.83. The van der Waals surface area contributed by atoms with E-state index in [1.165, 1.54) is 6.07 Å². The molecule has 26 heavy (non-hydrogen) atoms. The Kier molecular flexibility index (Phi) is 5.42. The van der Waals surface area contributed by atoms with Gasteiger partial charge in [-0.1, -0.05) is 15.9 Å². The second-order valence-corrected chi connectivity index (χ2v) is 6.44. The van der Waals surface area contributed by atoms with Gasteiger partial charge in [-0.25, -0.2) is 4.98 Å². The van der Waals surface area contributed by atoms with Crippen LogP contribution in [0.1, 0.15) is 24.2 Å². The molecule has 0 aliphatic rings. The van der Waals surface area contributed by atoms with Crippen LogP contribution in [-0.2, 0) is 0 Å². The number of hydrogen-bond donors (Lipinski definition) is 0. The number of aromatic nitrogens is 1. The maximum Gasteiger partial charge on any atom is 0.132 e.